The number of aryl methyl sites for hydroxylation is 1. The maximum absolute atomic E-state index is 13.0. The SMILES string of the molecule is Cn1ccnc1CNC(=O)c1cc(F)cnc1Cl. The molecule has 0 aromatic carbocycles. The largest absolute Gasteiger partial charge is 0.345 e. The fraction of sp³-hybridized carbons (Fsp3) is 0.182. The fourth-order valence-electron chi connectivity index (χ4n) is 1.40. The molecule has 18 heavy (non-hydrogen) atoms. The van der Waals surface area contributed by atoms with Gasteiger partial charge in [0.25, 0.3) is 5.91 Å². The molecule has 5 nitrogen and oxygen atoms in total. The van der Waals surface area contributed by atoms with Gasteiger partial charge in [0, 0.05) is 19.4 Å². The molecule has 0 spiro atoms. The van der Waals surface area contributed by atoms with Gasteiger partial charge in [-0.1, -0.05) is 11.6 Å². The Hall–Kier alpha value is -1.95. The van der Waals surface area contributed by atoms with E-state index >= 15 is 0 Å². The molecule has 2 aromatic heterocycles. The molecular formula is C11H10ClFN4O. The molecule has 7 heteroatoms. The number of imidazole rings is 1. The van der Waals surface area contributed by atoms with Crippen molar-refractivity contribution in [3.63, 3.8) is 0 Å². The first-order valence-electron chi connectivity index (χ1n) is 5.13. The molecule has 0 aliphatic heterocycles. The van der Waals surface area contributed by atoms with E-state index in [2.05, 4.69) is 15.3 Å². The van der Waals surface area contributed by atoms with E-state index in [0.717, 1.165) is 12.3 Å². The van der Waals surface area contributed by atoms with E-state index in [9.17, 15) is 9.18 Å². The second-order valence-corrected chi connectivity index (χ2v) is 3.99. The molecule has 0 radical (unpaired) electrons. The molecule has 1 amide bonds. The van der Waals surface area contributed by atoms with E-state index in [0.29, 0.717) is 5.82 Å². The van der Waals surface area contributed by atoms with Gasteiger partial charge in [0.2, 0.25) is 0 Å². The van der Waals surface area contributed by atoms with Crippen LogP contribution in [-0.2, 0) is 13.6 Å². The molecule has 2 heterocycles. The van der Waals surface area contributed by atoms with Gasteiger partial charge in [0.05, 0.1) is 18.3 Å². The Bertz CT molecular complexity index is 584. The number of hydrogen-bond acceptors (Lipinski definition) is 3. The second kappa shape index (κ2) is 5.14. The zero-order chi connectivity index (χ0) is 13.1. The van der Waals surface area contributed by atoms with Gasteiger partial charge in [-0.2, -0.15) is 0 Å². The highest BCUT2D eigenvalue weighted by Gasteiger charge is 2.13. The summed E-state index contributed by atoms with van der Waals surface area (Å²) in [5.41, 5.74) is 0.00544. The van der Waals surface area contributed by atoms with Crippen molar-refractivity contribution in [2.75, 3.05) is 0 Å². The molecule has 0 atom stereocenters. The van der Waals surface area contributed by atoms with Crippen LogP contribution in [0.5, 0.6) is 0 Å². The van der Waals surface area contributed by atoms with Crippen LogP contribution in [0.15, 0.2) is 24.7 Å². The van der Waals surface area contributed by atoms with Gasteiger partial charge in [0.1, 0.15) is 16.8 Å². The molecule has 0 aliphatic rings. The lowest BCUT2D eigenvalue weighted by atomic mass is 10.2. The number of amides is 1. The monoisotopic (exact) mass is 268 g/mol. The van der Waals surface area contributed by atoms with Crippen LogP contribution >= 0.6 is 11.6 Å². The third-order valence-corrected chi connectivity index (χ3v) is 2.68. The van der Waals surface area contributed by atoms with Gasteiger partial charge in [-0.3, -0.25) is 4.79 Å². The highest BCUT2D eigenvalue weighted by molar-refractivity contribution is 6.32. The minimum absolute atomic E-state index is 0.00544. The van der Waals surface area contributed by atoms with Crippen molar-refractivity contribution >= 4 is 17.5 Å². The third-order valence-electron chi connectivity index (χ3n) is 2.38. The molecule has 0 saturated carbocycles. The number of nitrogens with one attached hydrogen (secondary N) is 1. The Morgan fingerprint density at radius 3 is 3.00 bits per heavy atom. The van der Waals surface area contributed by atoms with E-state index < -0.39 is 11.7 Å². The van der Waals surface area contributed by atoms with Crippen molar-refractivity contribution in [3.05, 3.63) is 47.0 Å². The van der Waals surface area contributed by atoms with Gasteiger partial charge in [0.15, 0.2) is 0 Å². The first-order chi connectivity index (χ1) is 8.58. The highest BCUT2D eigenvalue weighted by Crippen LogP contribution is 2.13. The molecule has 0 bridgehead atoms. The van der Waals surface area contributed by atoms with Crippen LogP contribution in [0.4, 0.5) is 4.39 Å². The molecule has 2 aromatic rings. The van der Waals surface area contributed by atoms with E-state index in [-0.39, 0.29) is 17.3 Å². The topological polar surface area (TPSA) is 59.8 Å². The molecular weight excluding hydrogens is 259 g/mol. The average molecular weight is 269 g/mol. The number of aromatic nitrogens is 3. The van der Waals surface area contributed by atoms with Crippen LogP contribution in [0, 0.1) is 5.82 Å². The molecule has 2 rings (SSSR count). The minimum atomic E-state index is -0.610. The second-order valence-electron chi connectivity index (χ2n) is 3.63. The number of halogens is 2. The summed E-state index contributed by atoms with van der Waals surface area (Å²) in [7, 11) is 1.81. The van der Waals surface area contributed by atoms with Crippen molar-refractivity contribution in [1.82, 2.24) is 19.9 Å². The molecule has 0 fully saturated rings. The predicted molar refractivity (Wildman–Crippen MR) is 63.6 cm³/mol. The standard InChI is InChI=1S/C11H10ClFN4O/c1-17-3-2-14-9(17)6-16-11(18)8-4-7(13)5-15-10(8)12/h2-5H,6H2,1H3,(H,16,18). The summed E-state index contributed by atoms with van der Waals surface area (Å²) in [6.45, 7) is 0.231. The summed E-state index contributed by atoms with van der Waals surface area (Å²) in [6.07, 6.45) is 4.34. The Balaban J connectivity index is 2.08. The Kier molecular flexibility index (Phi) is 3.57. The lowest BCUT2D eigenvalue weighted by molar-refractivity contribution is 0.0949. The molecule has 0 unspecified atom stereocenters. The first kappa shape index (κ1) is 12.5. The maximum Gasteiger partial charge on any atom is 0.254 e. The summed E-state index contributed by atoms with van der Waals surface area (Å²) in [5.74, 6) is -0.416. The van der Waals surface area contributed by atoms with Gasteiger partial charge in [-0.05, 0) is 6.07 Å². The normalized spacial score (nSPS) is 10.4. The Morgan fingerprint density at radius 1 is 1.56 bits per heavy atom. The number of carbonyl (C=O) groups is 1. The quantitative estimate of drug-likeness (QED) is 0.859. The van der Waals surface area contributed by atoms with E-state index in [1.54, 1.807) is 17.0 Å². The molecule has 0 saturated heterocycles. The lowest BCUT2D eigenvalue weighted by Crippen LogP contribution is -2.25. The zero-order valence-corrected chi connectivity index (χ0v) is 10.3. The summed E-state index contributed by atoms with van der Waals surface area (Å²) >= 11 is 5.72. The number of rotatable bonds is 3. The van der Waals surface area contributed by atoms with Crippen LogP contribution in [0.3, 0.4) is 0 Å². The summed E-state index contributed by atoms with van der Waals surface area (Å²) in [6, 6.07) is 1.04. The lowest BCUT2D eigenvalue weighted by Gasteiger charge is -2.06. The number of carbonyl (C=O) groups excluding carboxylic acids is 1. The molecule has 1 N–H and O–H groups in total. The third kappa shape index (κ3) is 2.65. The van der Waals surface area contributed by atoms with Crippen LogP contribution in [0.2, 0.25) is 5.15 Å². The summed E-state index contributed by atoms with van der Waals surface area (Å²) in [4.78, 5) is 19.4. The number of pyridine rings is 1. The number of hydrogen-bond donors (Lipinski definition) is 1. The van der Waals surface area contributed by atoms with Crippen molar-refractivity contribution in [1.29, 1.82) is 0 Å². The maximum atomic E-state index is 13.0. The van der Waals surface area contributed by atoms with E-state index in [4.69, 9.17) is 11.6 Å². The van der Waals surface area contributed by atoms with Crippen LogP contribution in [-0.4, -0.2) is 20.4 Å². The zero-order valence-electron chi connectivity index (χ0n) is 9.52. The summed E-state index contributed by atoms with van der Waals surface area (Å²) < 4.78 is 14.7. The Morgan fingerprint density at radius 2 is 2.33 bits per heavy atom. The predicted octanol–water partition coefficient (Wildman–Crippen LogP) is 1.54. The number of nitrogens with zero attached hydrogens (tertiary/aromatic N) is 3. The van der Waals surface area contributed by atoms with Gasteiger partial charge in [-0.15, -0.1) is 0 Å². The van der Waals surface area contributed by atoms with Gasteiger partial charge >= 0.3 is 0 Å². The fourth-order valence-corrected chi connectivity index (χ4v) is 1.59. The van der Waals surface area contributed by atoms with Crippen LogP contribution in [0.1, 0.15) is 16.2 Å². The van der Waals surface area contributed by atoms with Crippen LogP contribution in [0.25, 0.3) is 0 Å². The van der Waals surface area contributed by atoms with Gasteiger partial charge < -0.3 is 9.88 Å². The average Bonchev–Trinajstić information content (AvgIpc) is 2.75. The van der Waals surface area contributed by atoms with Crippen molar-refractivity contribution in [2.45, 2.75) is 6.54 Å². The van der Waals surface area contributed by atoms with Gasteiger partial charge in [-0.25, -0.2) is 14.4 Å². The van der Waals surface area contributed by atoms with Crippen molar-refractivity contribution in [2.24, 2.45) is 7.05 Å². The van der Waals surface area contributed by atoms with Crippen molar-refractivity contribution < 1.29 is 9.18 Å². The Labute approximate surface area is 108 Å². The van der Waals surface area contributed by atoms with Crippen molar-refractivity contribution in [3.8, 4) is 0 Å². The smallest absolute Gasteiger partial charge is 0.254 e. The van der Waals surface area contributed by atoms with Crippen LogP contribution < -0.4 is 5.32 Å². The summed E-state index contributed by atoms with van der Waals surface area (Å²) in [5, 5.41) is 2.56. The molecule has 0 aliphatic carbocycles. The molecule has 94 valence electrons. The minimum Gasteiger partial charge on any atom is -0.345 e. The van der Waals surface area contributed by atoms with E-state index in [1.807, 2.05) is 7.05 Å². The first-order valence-corrected chi connectivity index (χ1v) is 5.51. The van der Waals surface area contributed by atoms with E-state index in [1.165, 1.54) is 0 Å². The highest BCUT2D eigenvalue weighted by atomic mass is 35.5.